The van der Waals surface area contributed by atoms with Gasteiger partial charge in [0.1, 0.15) is 0 Å². The van der Waals surface area contributed by atoms with Crippen LogP contribution in [0.15, 0.2) is 0 Å². The summed E-state index contributed by atoms with van der Waals surface area (Å²) in [6, 6.07) is 0.122. The molecule has 0 unspecified atom stereocenters. The predicted molar refractivity (Wildman–Crippen MR) is 124 cm³/mol. The van der Waals surface area contributed by atoms with E-state index in [1.54, 1.807) is 13.8 Å². The lowest BCUT2D eigenvalue weighted by molar-refractivity contribution is 0.0941. The molecule has 0 radical (unpaired) electrons. The Labute approximate surface area is 178 Å². The molecule has 0 saturated carbocycles. The van der Waals surface area contributed by atoms with Crippen molar-refractivity contribution >= 4 is 15.7 Å². The highest BCUT2D eigenvalue weighted by atomic mass is 32.2. The Hall–Kier alpha value is -1.36. The van der Waals surface area contributed by atoms with E-state index < -0.39 is 9.84 Å². The van der Waals surface area contributed by atoms with Gasteiger partial charge < -0.3 is 5.32 Å². The number of sulfone groups is 1. The zero-order valence-electron chi connectivity index (χ0n) is 19.7. The second-order valence-corrected chi connectivity index (χ2v) is 11.6. The third-order valence-corrected chi connectivity index (χ3v) is 8.30. The van der Waals surface area contributed by atoms with E-state index in [-0.39, 0.29) is 17.2 Å². The molecule has 4 nitrogen and oxygen atoms in total. The summed E-state index contributed by atoms with van der Waals surface area (Å²) < 4.78 is 23.7. The largest absolute Gasteiger partial charge is 0.350 e. The Morgan fingerprint density at radius 1 is 0.793 bits per heavy atom. The van der Waals surface area contributed by atoms with Crippen LogP contribution >= 0.6 is 0 Å². The fraction of sp³-hybridized carbons (Fsp3) is 0.708. The van der Waals surface area contributed by atoms with E-state index in [0.717, 1.165) is 55.2 Å². The molecule has 0 atom stereocenters. The fourth-order valence-electron chi connectivity index (χ4n) is 3.81. The average molecular weight is 424 g/mol. The first kappa shape index (κ1) is 25.7. The van der Waals surface area contributed by atoms with E-state index in [4.69, 9.17) is 0 Å². The van der Waals surface area contributed by atoms with Crippen LogP contribution in [-0.4, -0.2) is 31.4 Å². The zero-order chi connectivity index (χ0) is 22.4. The molecular formula is C24H41NO3S. The van der Waals surface area contributed by atoms with Crippen molar-refractivity contribution in [1.82, 2.24) is 5.32 Å². The van der Waals surface area contributed by atoms with Crippen LogP contribution in [-0.2, 0) is 16.3 Å². The first-order valence-electron chi connectivity index (χ1n) is 11.0. The maximum Gasteiger partial charge on any atom is 0.252 e. The number of hydrogen-bond acceptors (Lipinski definition) is 3. The Kier molecular flexibility index (Phi) is 9.87. The van der Waals surface area contributed by atoms with Gasteiger partial charge in [-0.15, -0.1) is 0 Å². The number of hydrogen-bond donors (Lipinski definition) is 1. The topological polar surface area (TPSA) is 63.2 Å². The van der Waals surface area contributed by atoms with E-state index in [1.165, 1.54) is 16.7 Å². The number of nitrogens with one attached hydrogen (secondary N) is 1. The summed E-state index contributed by atoms with van der Waals surface area (Å²) in [4.78, 5) is 12.6. The summed E-state index contributed by atoms with van der Waals surface area (Å²) in [6.45, 7) is 15.8. The summed E-state index contributed by atoms with van der Waals surface area (Å²) in [5.41, 5.74) is 6.81. The molecule has 0 bridgehead atoms. The van der Waals surface area contributed by atoms with Gasteiger partial charge in [-0.2, -0.15) is 0 Å². The molecule has 1 amide bonds. The fourth-order valence-corrected chi connectivity index (χ4v) is 4.89. The van der Waals surface area contributed by atoms with Gasteiger partial charge in [-0.25, -0.2) is 8.42 Å². The van der Waals surface area contributed by atoms with Gasteiger partial charge in [-0.05, 0) is 102 Å². The smallest absolute Gasteiger partial charge is 0.252 e. The summed E-state index contributed by atoms with van der Waals surface area (Å²) in [7, 11) is -2.91. The van der Waals surface area contributed by atoms with Crippen molar-refractivity contribution in [3.63, 3.8) is 0 Å². The molecule has 1 aromatic carbocycles. The minimum Gasteiger partial charge on any atom is -0.350 e. The van der Waals surface area contributed by atoms with Crippen LogP contribution in [0.3, 0.4) is 0 Å². The molecule has 0 aliphatic heterocycles. The molecule has 1 aromatic rings. The van der Waals surface area contributed by atoms with Crippen LogP contribution in [0, 0.1) is 27.7 Å². The van der Waals surface area contributed by atoms with Gasteiger partial charge in [0.2, 0.25) is 0 Å². The Bertz CT molecular complexity index is 779. The maximum absolute atomic E-state index is 12.6. The van der Waals surface area contributed by atoms with Crippen LogP contribution in [0.25, 0.3) is 0 Å². The molecule has 0 fully saturated rings. The summed E-state index contributed by atoms with van der Waals surface area (Å²) >= 11 is 0. The Morgan fingerprint density at radius 3 is 1.76 bits per heavy atom. The van der Waals surface area contributed by atoms with Crippen molar-refractivity contribution in [2.45, 2.75) is 105 Å². The molecule has 0 aliphatic carbocycles. The third-order valence-electron chi connectivity index (χ3n) is 6.00. The van der Waals surface area contributed by atoms with E-state index in [1.807, 2.05) is 13.8 Å². The highest BCUT2D eigenvalue weighted by molar-refractivity contribution is 7.91. The Morgan fingerprint density at radius 2 is 1.28 bits per heavy atom. The van der Waals surface area contributed by atoms with Crippen molar-refractivity contribution in [3.05, 3.63) is 33.4 Å². The van der Waals surface area contributed by atoms with Gasteiger partial charge in [0, 0.05) is 11.6 Å². The summed E-state index contributed by atoms with van der Waals surface area (Å²) in [5.74, 6) is 0.324. The Balaban J connectivity index is 2.67. The summed E-state index contributed by atoms with van der Waals surface area (Å²) in [5, 5.41) is 2.75. The zero-order valence-corrected chi connectivity index (χ0v) is 20.6. The molecule has 0 spiro atoms. The van der Waals surface area contributed by atoms with Gasteiger partial charge in [0.25, 0.3) is 5.91 Å². The second-order valence-electron chi connectivity index (χ2n) is 8.92. The minimum absolute atomic E-state index is 0.0177. The van der Waals surface area contributed by atoms with Gasteiger partial charge in [0.15, 0.2) is 9.84 Å². The predicted octanol–water partition coefficient (Wildman–Crippen LogP) is 5.37. The van der Waals surface area contributed by atoms with Crippen LogP contribution in [0.2, 0.25) is 0 Å². The van der Waals surface area contributed by atoms with Gasteiger partial charge >= 0.3 is 0 Å². The number of carbonyl (C=O) groups excluding carboxylic acids is 1. The molecular weight excluding hydrogens is 382 g/mol. The SMILES string of the molecule is Cc1c(C)c(C(=O)NC(C)C)c(C)c(C)c1CCCCCCCS(=O)(=O)C(C)C. The number of benzene rings is 1. The van der Waals surface area contributed by atoms with Gasteiger partial charge in [-0.1, -0.05) is 19.3 Å². The highest BCUT2D eigenvalue weighted by Gasteiger charge is 2.20. The quantitative estimate of drug-likeness (QED) is 0.486. The molecule has 166 valence electrons. The van der Waals surface area contributed by atoms with E-state index in [2.05, 4.69) is 33.0 Å². The van der Waals surface area contributed by atoms with Gasteiger partial charge in [0.05, 0.1) is 11.0 Å². The molecule has 0 aromatic heterocycles. The molecule has 0 saturated heterocycles. The van der Waals surface area contributed by atoms with Crippen molar-refractivity contribution in [3.8, 4) is 0 Å². The average Bonchev–Trinajstić information content (AvgIpc) is 2.61. The highest BCUT2D eigenvalue weighted by Crippen LogP contribution is 2.28. The van der Waals surface area contributed by atoms with Crippen LogP contribution in [0.5, 0.6) is 0 Å². The van der Waals surface area contributed by atoms with Crippen molar-refractivity contribution < 1.29 is 13.2 Å². The van der Waals surface area contributed by atoms with Crippen LogP contribution in [0.1, 0.15) is 98.0 Å². The molecule has 1 rings (SSSR count). The number of carbonyl (C=O) groups is 1. The standard InChI is InChI=1S/C24H41NO3S/c1-16(2)25-24(26)23-20(7)18(5)22(19(6)21(23)8)14-12-10-9-11-13-15-29(27,28)17(3)4/h16-17H,9-15H2,1-8H3,(H,25,26). The second kappa shape index (κ2) is 11.1. The number of rotatable bonds is 11. The maximum atomic E-state index is 12.6. The first-order chi connectivity index (χ1) is 13.4. The van der Waals surface area contributed by atoms with Crippen molar-refractivity contribution in [2.75, 3.05) is 5.75 Å². The van der Waals surface area contributed by atoms with Gasteiger partial charge in [-0.3, -0.25) is 4.79 Å². The molecule has 29 heavy (non-hydrogen) atoms. The molecule has 5 heteroatoms. The van der Waals surface area contributed by atoms with E-state index in [0.29, 0.717) is 5.75 Å². The third kappa shape index (κ3) is 7.13. The lowest BCUT2D eigenvalue weighted by Gasteiger charge is -2.21. The molecule has 0 heterocycles. The lowest BCUT2D eigenvalue weighted by Crippen LogP contribution is -2.31. The monoisotopic (exact) mass is 423 g/mol. The normalized spacial score (nSPS) is 12.1. The summed E-state index contributed by atoms with van der Waals surface area (Å²) in [6.07, 6.45) is 6.00. The van der Waals surface area contributed by atoms with Crippen molar-refractivity contribution in [2.24, 2.45) is 0 Å². The molecule has 0 aliphatic rings. The number of amides is 1. The van der Waals surface area contributed by atoms with E-state index in [9.17, 15) is 13.2 Å². The van der Waals surface area contributed by atoms with Crippen molar-refractivity contribution in [1.29, 1.82) is 0 Å². The van der Waals surface area contributed by atoms with E-state index >= 15 is 0 Å². The van der Waals surface area contributed by atoms with Crippen LogP contribution in [0.4, 0.5) is 0 Å². The number of unbranched alkanes of at least 4 members (excludes halogenated alkanes) is 4. The van der Waals surface area contributed by atoms with Crippen LogP contribution < -0.4 is 5.32 Å². The first-order valence-corrected chi connectivity index (χ1v) is 12.7. The molecule has 1 N–H and O–H groups in total. The lowest BCUT2D eigenvalue weighted by atomic mass is 9.86. The minimum atomic E-state index is -2.91.